The molecule has 3 nitrogen and oxygen atoms in total. The van der Waals surface area contributed by atoms with Gasteiger partial charge in [0.25, 0.3) is 0 Å². The van der Waals surface area contributed by atoms with Crippen LogP contribution in [-0.4, -0.2) is 46.6 Å². The zero-order valence-corrected chi connectivity index (χ0v) is 8.22. The van der Waals surface area contributed by atoms with E-state index in [2.05, 4.69) is 0 Å². The summed E-state index contributed by atoms with van der Waals surface area (Å²) in [6, 6.07) is 0. The number of nitrogens with zero attached hydrogens (tertiary/aromatic N) is 1. The first kappa shape index (κ1) is 9.09. The number of aliphatic hydroxyl groups is 1. The predicted molar refractivity (Wildman–Crippen MR) is 52.6 cm³/mol. The van der Waals surface area contributed by atoms with E-state index in [0.717, 1.165) is 23.5 Å². The number of likely N-dealkylation sites (tertiary alicyclic amines) is 1. The Labute approximate surface area is 81.8 Å². The van der Waals surface area contributed by atoms with Crippen LogP contribution in [0, 0.1) is 0 Å². The quantitative estimate of drug-likeness (QED) is 0.658. The lowest BCUT2D eigenvalue weighted by atomic mass is 10.1. The summed E-state index contributed by atoms with van der Waals surface area (Å²) in [7, 11) is 0. The van der Waals surface area contributed by atoms with Gasteiger partial charge in [-0.05, 0) is 12.2 Å². The van der Waals surface area contributed by atoms with Crippen molar-refractivity contribution in [3.8, 4) is 0 Å². The van der Waals surface area contributed by atoms with Crippen LogP contribution >= 0.6 is 11.8 Å². The molecule has 0 aromatic heterocycles. The molecule has 0 spiro atoms. The maximum absolute atomic E-state index is 11.7. The van der Waals surface area contributed by atoms with Crippen LogP contribution < -0.4 is 0 Å². The van der Waals surface area contributed by atoms with E-state index in [1.54, 1.807) is 16.7 Å². The first-order valence-electron chi connectivity index (χ1n) is 4.51. The fourth-order valence-electron chi connectivity index (χ4n) is 1.53. The van der Waals surface area contributed by atoms with Crippen molar-refractivity contribution in [2.75, 3.05) is 24.6 Å². The van der Waals surface area contributed by atoms with Crippen LogP contribution in [0.1, 0.15) is 6.42 Å². The molecular formula is C9H13NO2S. The third kappa shape index (κ3) is 1.89. The minimum atomic E-state index is -0.291. The average molecular weight is 199 g/mol. The van der Waals surface area contributed by atoms with E-state index in [4.69, 9.17) is 5.11 Å². The fraction of sp³-hybridized carbons (Fsp3) is 0.667. The van der Waals surface area contributed by atoms with Gasteiger partial charge in [0, 0.05) is 24.4 Å². The maximum atomic E-state index is 11.7. The second-order valence-corrected chi connectivity index (χ2v) is 4.54. The molecule has 1 N–H and O–H groups in total. The summed E-state index contributed by atoms with van der Waals surface area (Å²) >= 11 is 1.81. The molecular weight excluding hydrogens is 186 g/mol. The number of aliphatic hydroxyl groups excluding tert-OH is 1. The van der Waals surface area contributed by atoms with E-state index in [-0.39, 0.29) is 12.0 Å². The van der Waals surface area contributed by atoms with Crippen LogP contribution in [0.15, 0.2) is 11.6 Å². The molecule has 2 rings (SSSR count). The highest BCUT2D eigenvalue weighted by molar-refractivity contribution is 7.99. The van der Waals surface area contributed by atoms with Gasteiger partial charge in [0.1, 0.15) is 0 Å². The van der Waals surface area contributed by atoms with Crippen LogP contribution in [-0.2, 0) is 4.79 Å². The van der Waals surface area contributed by atoms with Gasteiger partial charge in [-0.3, -0.25) is 4.79 Å². The van der Waals surface area contributed by atoms with Gasteiger partial charge in [-0.1, -0.05) is 6.08 Å². The van der Waals surface area contributed by atoms with Crippen molar-refractivity contribution in [1.29, 1.82) is 0 Å². The zero-order valence-electron chi connectivity index (χ0n) is 7.40. The standard InChI is InChI=1S/C9H13NO2S/c11-8-4-10(5-8)9(12)7-2-1-3-13-6-7/h2,8,11H,1,3-6H2. The zero-order chi connectivity index (χ0) is 9.26. The summed E-state index contributed by atoms with van der Waals surface area (Å²) < 4.78 is 0. The normalized spacial score (nSPS) is 23.8. The van der Waals surface area contributed by atoms with Crippen LogP contribution in [0.2, 0.25) is 0 Å². The summed E-state index contributed by atoms with van der Waals surface area (Å²) in [5.74, 6) is 2.09. The Morgan fingerprint density at radius 1 is 1.62 bits per heavy atom. The monoisotopic (exact) mass is 199 g/mol. The van der Waals surface area contributed by atoms with E-state index in [0.29, 0.717) is 13.1 Å². The number of amides is 1. The van der Waals surface area contributed by atoms with Crippen molar-refractivity contribution in [2.45, 2.75) is 12.5 Å². The second kappa shape index (κ2) is 3.72. The average Bonchev–Trinajstić information content (AvgIpc) is 2.13. The van der Waals surface area contributed by atoms with E-state index < -0.39 is 0 Å². The Balaban J connectivity index is 1.93. The first-order valence-corrected chi connectivity index (χ1v) is 5.67. The van der Waals surface area contributed by atoms with Gasteiger partial charge >= 0.3 is 0 Å². The Morgan fingerprint density at radius 3 is 2.92 bits per heavy atom. The number of allylic oxidation sites excluding steroid dienone is 1. The Kier molecular flexibility index (Phi) is 2.60. The molecule has 0 aliphatic carbocycles. The minimum Gasteiger partial charge on any atom is -0.389 e. The number of hydrogen-bond donors (Lipinski definition) is 1. The van der Waals surface area contributed by atoms with Crippen molar-refractivity contribution >= 4 is 17.7 Å². The molecule has 2 aliphatic heterocycles. The third-order valence-corrected chi connectivity index (χ3v) is 3.37. The molecule has 2 aliphatic rings. The molecule has 2 heterocycles. The van der Waals surface area contributed by atoms with Gasteiger partial charge in [-0.2, -0.15) is 11.8 Å². The van der Waals surface area contributed by atoms with Crippen molar-refractivity contribution in [3.63, 3.8) is 0 Å². The highest BCUT2D eigenvalue weighted by atomic mass is 32.2. The molecule has 0 unspecified atom stereocenters. The summed E-state index contributed by atoms with van der Waals surface area (Å²) in [6.07, 6.45) is 2.74. The SMILES string of the molecule is O=C(C1=CCCSC1)N1CC(O)C1. The van der Waals surface area contributed by atoms with Gasteiger partial charge in [0.05, 0.1) is 6.10 Å². The lowest BCUT2D eigenvalue weighted by Gasteiger charge is -2.36. The molecule has 1 saturated heterocycles. The van der Waals surface area contributed by atoms with Gasteiger partial charge in [-0.15, -0.1) is 0 Å². The number of β-amino-alcohol motifs (C(OH)–C–C–N with tert-alkyl or cyclic N) is 1. The molecule has 0 saturated carbocycles. The number of thioether (sulfide) groups is 1. The molecule has 72 valence electrons. The molecule has 4 heteroatoms. The lowest BCUT2D eigenvalue weighted by molar-refractivity contribution is -0.136. The van der Waals surface area contributed by atoms with Crippen molar-refractivity contribution < 1.29 is 9.90 Å². The molecule has 0 aromatic carbocycles. The van der Waals surface area contributed by atoms with Crippen LogP contribution in [0.25, 0.3) is 0 Å². The highest BCUT2D eigenvalue weighted by Gasteiger charge is 2.30. The van der Waals surface area contributed by atoms with E-state index in [1.807, 2.05) is 6.08 Å². The number of hydrogen-bond acceptors (Lipinski definition) is 3. The minimum absolute atomic E-state index is 0.123. The van der Waals surface area contributed by atoms with E-state index in [9.17, 15) is 4.79 Å². The maximum Gasteiger partial charge on any atom is 0.250 e. The summed E-state index contributed by atoms with van der Waals surface area (Å²) in [4.78, 5) is 13.4. The van der Waals surface area contributed by atoms with Crippen LogP contribution in [0.4, 0.5) is 0 Å². The summed E-state index contributed by atoms with van der Waals surface area (Å²) in [5.41, 5.74) is 0.920. The number of rotatable bonds is 1. The van der Waals surface area contributed by atoms with Gasteiger partial charge in [-0.25, -0.2) is 0 Å². The van der Waals surface area contributed by atoms with Gasteiger partial charge < -0.3 is 10.0 Å². The molecule has 0 atom stereocenters. The highest BCUT2D eigenvalue weighted by Crippen LogP contribution is 2.20. The fourth-order valence-corrected chi connectivity index (χ4v) is 2.42. The Morgan fingerprint density at radius 2 is 2.38 bits per heavy atom. The molecule has 13 heavy (non-hydrogen) atoms. The van der Waals surface area contributed by atoms with Crippen LogP contribution in [0.5, 0.6) is 0 Å². The summed E-state index contributed by atoms with van der Waals surface area (Å²) in [6.45, 7) is 1.03. The third-order valence-electron chi connectivity index (χ3n) is 2.33. The van der Waals surface area contributed by atoms with Crippen LogP contribution in [0.3, 0.4) is 0 Å². The number of carbonyl (C=O) groups excluding carboxylic acids is 1. The molecule has 0 aromatic rings. The predicted octanol–water partition coefficient (Wildman–Crippen LogP) is 0.253. The number of carbonyl (C=O) groups is 1. The molecule has 1 amide bonds. The van der Waals surface area contributed by atoms with Gasteiger partial charge in [0.15, 0.2) is 0 Å². The summed E-state index contributed by atoms with van der Waals surface area (Å²) in [5, 5.41) is 9.05. The lowest BCUT2D eigenvalue weighted by Crippen LogP contribution is -2.54. The smallest absolute Gasteiger partial charge is 0.250 e. The Hall–Kier alpha value is -0.480. The molecule has 1 fully saturated rings. The van der Waals surface area contributed by atoms with E-state index >= 15 is 0 Å². The first-order chi connectivity index (χ1) is 6.27. The van der Waals surface area contributed by atoms with Crippen molar-refractivity contribution in [1.82, 2.24) is 4.90 Å². The van der Waals surface area contributed by atoms with Gasteiger partial charge in [0.2, 0.25) is 5.91 Å². The van der Waals surface area contributed by atoms with Crippen molar-refractivity contribution in [2.24, 2.45) is 0 Å². The largest absolute Gasteiger partial charge is 0.389 e. The second-order valence-electron chi connectivity index (χ2n) is 3.43. The molecule has 0 bridgehead atoms. The Bertz CT molecular complexity index is 246. The molecule has 0 radical (unpaired) electrons. The topological polar surface area (TPSA) is 40.5 Å². The van der Waals surface area contributed by atoms with E-state index in [1.165, 1.54) is 0 Å². The van der Waals surface area contributed by atoms with Crippen molar-refractivity contribution in [3.05, 3.63) is 11.6 Å².